The first-order valence-electron chi connectivity index (χ1n) is 12.0. The molecule has 32 heavy (non-hydrogen) atoms. The molecule has 0 amide bonds. The summed E-state index contributed by atoms with van der Waals surface area (Å²) in [5, 5.41) is 20.4. The monoisotopic (exact) mass is 434 g/mol. The van der Waals surface area contributed by atoms with Crippen molar-refractivity contribution in [2.45, 2.75) is 57.4 Å². The second-order valence-corrected chi connectivity index (χ2v) is 9.56. The molecule has 1 aliphatic heterocycles. The van der Waals surface area contributed by atoms with E-state index in [-0.39, 0.29) is 25.2 Å². The van der Waals surface area contributed by atoms with Crippen LogP contribution < -0.4 is 0 Å². The van der Waals surface area contributed by atoms with Gasteiger partial charge in [-0.2, -0.15) is 0 Å². The van der Waals surface area contributed by atoms with E-state index in [0.29, 0.717) is 12.7 Å². The number of likely N-dealkylation sites (tertiary alicyclic amines) is 1. The van der Waals surface area contributed by atoms with E-state index in [1.165, 1.54) is 47.8 Å². The second kappa shape index (κ2) is 9.75. The highest BCUT2D eigenvalue weighted by atomic mass is 16.5. The van der Waals surface area contributed by atoms with Crippen LogP contribution in [0.1, 0.15) is 43.4 Å². The lowest BCUT2D eigenvalue weighted by molar-refractivity contribution is 0.0457. The maximum absolute atomic E-state index is 9.71. The van der Waals surface area contributed by atoms with Crippen LogP contribution in [0.25, 0.3) is 22.0 Å². The maximum Gasteiger partial charge on any atom is 0.0720 e. The van der Waals surface area contributed by atoms with E-state index in [1.807, 2.05) is 0 Å². The number of benzene rings is 2. The van der Waals surface area contributed by atoms with Crippen LogP contribution in [0.3, 0.4) is 0 Å². The van der Waals surface area contributed by atoms with Crippen molar-refractivity contribution in [1.29, 1.82) is 0 Å². The van der Waals surface area contributed by atoms with Gasteiger partial charge in [0.2, 0.25) is 0 Å². The first-order valence-corrected chi connectivity index (χ1v) is 12.0. The molecule has 170 valence electrons. The third-order valence-corrected chi connectivity index (χ3v) is 7.18. The smallest absolute Gasteiger partial charge is 0.0720 e. The van der Waals surface area contributed by atoms with Gasteiger partial charge in [-0.15, -0.1) is 0 Å². The summed E-state index contributed by atoms with van der Waals surface area (Å²) in [5.74, 6) is 0.257. The molecule has 2 heterocycles. The number of nitrogens with zero attached hydrogens (tertiary/aromatic N) is 1. The van der Waals surface area contributed by atoms with Gasteiger partial charge in [0.15, 0.2) is 0 Å². The zero-order valence-corrected chi connectivity index (χ0v) is 18.7. The molecule has 2 atom stereocenters. The zero-order chi connectivity index (χ0) is 21.9. The van der Waals surface area contributed by atoms with Gasteiger partial charge < -0.3 is 19.9 Å². The Morgan fingerprint density at radius 1 is 0.969 bits per heavy atom. The molecule has 5 nitrogen and oxygen atoms in total. The number of aliphatic hydroxyl groups excluding tert-OH is 2. The number of ether oxygens (including phenoxy) is 1. The van der Waals surface area contributed by atoms with E-state index in [1.54, 1.807) is 0 Å². The zero-order valence-electron chi connectivity index (χ0n) is 18.7. The van der Waals surface area contributed by atoms with Crippen LogP contribution in [0.2, 0.25) is 0 Å². The van der Waals surface area contributed by atoms with Crippen LogP contribution in [0.4, 0.5) is 0 Å². The van der Waals surface area contributed by atoms with Crippen molar-refractivity contribution < 1.29 is 14.9 Å². The maximum atomic E-state index is 9.71. The standard InChI is InChI=1S/C27H34N2O3/c30-16-20-11-25(17-31)29(14-20)15-24-13-23-12-22(8-9-27(23)28-24)21-5-3-4-19(10-21)18-32-26-6-1-2-7-26/h3-5,8-10,12-13,20,25-26,28,30-31H,1-2,6-7,11,14-18H2/t20-,25+/m0/s1. The van der Waals surface area contributed by atoms with Crippen molar-refractivity contribution >= 4 is 10.9 Å². The van der Waals surface area contributed by atoms with E-state index in [9.17, 15) is 10.2 Å². The van der Waals surface area contributed by atoms with E-state index in [2.05, 4.69) is 58.4 Å². The first-order chi connectivity index (χ1) is 15.7. The summed E-state index contributed by atoms with van der Waals surface area (Å²) in [6, 6.07) is 17.6. The Morgan fingerprint density at radius 2 is 1.81 bits per heavy atom. The Hall–Kier alpha value is -2.18. The van der Waals surface area contributed by atoms with Crippen molar-refractivity contribution in [2.24, 2.45) is 5.92 Å². The molecular weight excluding hydrogens is 400 g/mol. The molecule has 2 aromatic carbocycles. The quantitative estimate of drug-likeness (QED) is 0.489. The number of H-pyrrole nitrogens is 1. The lowest BCUT2D eigenvalue weighted by atomic mass is 10.0. The van der Waals surface area contributed by atoms with Crippen LogP contribution >= 0.6 is 0 Å². The Bertz CT molecular complexity index is 1040. The highest BCUT2D eigenvalue weighted by Gasteiger charge is 2.31. The van der Waals surface area contributed by atoms with E-state index in [0.717, 1.165) is 30.7 Å². The lowest BCUT2D eigenvalue weighted by Gasteiger charge is -2.21. The van der Waals surface area contributed by atoms with Gasteiger partial charge in [0.05, 0.1) is 19.3 Å². The van der Waals surface area contributed by atoms with Crippen LogP contribution in [-0.2, 0) is 17.9 Å². The number of aromatic nitrogens is 1. The van der Waals surface area contributed by atoms with Crippen molar-refractivity contribution in [1.82, 2.24) is 9.88 Å². The van der Waals surface area contributed by atoms with Gasteiger partial charge in [0.1, 0.15) is 0 Å². The molecule has 2 aliphatic rings. The third kappa shape index (κ3) is 4.76. The van der Waals surface area contributed by atoms with Crippen LogP contribution in [0, 0.1) is 5.92 Å². The van der Waals surface area contributed by atoms with Crippen molar-refractivity contribution in [3.63, 3.8) is 0 Å². The number of aromatic amines is 1. The minimum Gasteiger partial charge on any atom is -0.396 e. The summed E-state index contributed by atoms with van der Waals surface area (Å²) < 4.78 is 6.11. The van der Waals surface area contributed by atoms with E-state index < -0.39 is 0 Å². The molecule has 0 spiro atoms. The molecule has 3 N–H and O–H groups in total. The van der Waals surface area contributed by atoms with Crippen LogP contribution in [0.5, 0.6) is 0 Å². The number of aliphatic hydroxyl groups is 2. The average molecular weight is 435 g/mol. The molecular formula is C27H34N2O3. The summed E-state index contributed by atoms with van der Waals surface area (Å²) in [7, 11) is 0. The molecule has 0 radical (unpaired) electrons. The number of hydrogen-bond acceptors (Lipinski definition) is 4. The van der Waals surface area contributed by atoms with Gasteiger partial charge in [-0.3, -0.25) is 4.90 Å². The fourth-order valence-corrected chi connectivity index (χ4v) is 5.39. The minimum atomic E-state index is 0.128. The second-order valence-electron chi connectivity index (χ2n) is 9.56. The van der Waals surface area contributed by atoms with Crippen LogP contribution in [0.15, 0.2) is 48.5 Å². The average Bonchev–Trinajstić information content (AvgIpc) is 3.57. The normalized spacial score (nSPS) is 22.3. The van der Waals surface area contributed by atoms with Gasteiger partial charge in [-0.1, -0.05) is 37.1 Å². The van der Waals surface area contributed by atoms with Gasteiger partial charge in [-0.25, -0.2) is 0 Å². The third-order valence-electron chi connectivity index (χ3n) is 7.18. The molecule has 1 saturated carbocycles. The summed E-state index contributed by atoms with van der Waals surface area (Å²) in [5.41, 5.74) is 5.93. The molecule has 1 saturated heterocycles. The van der Waals surface area contributed by atoms with Crippen LogP contribution in [-0.4, -0.2) is 52.0 Å². The van der Waals surface area contributed by atoms with E-state index >= 15 is 0 Å². The summed E-state index contributed by atoms with van der Waals surface area (Å²) in [6.45, 7) is 2.61. The fourth-order valence-electron chi connectivity index (χ4n) is 5.39. The Balaban J connectivity index is 1.30. The Morgan fingerprint density at radius 3 is 2.62 bits per heavy atom. The predicted molar refractivity (Wildman–Crippen MR) is 127 cm³/mol. The Kier molecular flexibility index (Phi) is 6.60. The fraction of sp³-hybridized carbons (Fsp3) is 0.481. The van der Waals surface area contributed by atoms with Crippen molar-refractivity contribution in [3.05, 3.63) is 59.8 Å². The lowest BCUT2D eigenvalue weighted by Crippen LogP contribution is -2.31. The molecule has 1 aliphatic carbocycles. The van der Waals surface area contributed by atoms with Gasteiger partial charge in [0, 0.05) is 42.3 Å². The first kappa shape index (κ1) is 21.7. The largest absolute Gasteiger partial charge is 0.396 e. The van der Waals surface area contributed by atoms with Crippen molar-refractivity contribution in [2.75, 3.05) is 19.8 Å². The van der Waals surface area contributed by atoms with Gasteiger partial charge in [0.25, 0.3) is 0 Å². The van der Waals surface area contributed by atoms with Gasteiger partial charge >= 0.3 is 0 Å². The number of nitrogens with one attached hydrogen (secondary N) is 1. The molecule has 5 rings (SSSR count). The number of rotatable bonds is 8. The van der Waals surface area contributed by atoms with E-state index in [4.69, 9.17) is 4.74 Å². The number of fused-ring (bicyclic) bond motifs is 1. The minimum absolute atomic E-state index is 0.128. The molecule has 0 unspecified atom stereocenters. The van der Waals surface area contributed by atoms with Gasteiger partial charge in [-0.05, 0) is 66.1 Å². The molecule has 2 fully saturated rings. The predicted octanol–water partition coefficient (Wildman–Crippen LogP) is 4.47. The summed E-state index contributed by atoms with van der Waals surface area (Å²) >= 11 is 0. The molecule has 3 aromatic rings. The molecule has 0 bridgehead atoms. The SMILES string of the molecule is OC[C@H]1C[C@H](CO)N(Cc2cc3cc(-c4cccc(COC5CCCC5)c4)ccc3[nH]2)C1. The number of hydrogen-bond donors (Lipinski definition) is 3. The topological polar surface area (TPSA) is 68.7 Å². The highest BCUT2D eigenvalue weighted by molar-refractivity contribution is 5.86. The Labute approximate surface area is 190 Å². The summed E-state index contributed by atoms with van der Waals surface area (Å²) in [6.07, 6.45) is 6.28. The highest BCUT2D eigenvalue weighted by Crippen LogP contribution is 2.29. The van der Waals surface area contributed by atoms with Crippen molar-refractivity contribution in [3.8, 4) is 11.1 Å². The summed E-state index contributed by atoms with van der Waals surface area (Å²) in [4.78, 5) is 5.81. The molecule has 5 heteroatoms. The molecule has 1 aromatic heterocycles.